The summed E-state index contributed by atoms with van der Waals surface area (Å²) in [7, 11) is 0. The maximum absolute atomic E-state index is 13.9. The average Bonchev–Trinajstić information content (AvgIpc) is 2.76. The number of nitrogens with one attached hydrogen (secondary N) is 2. The molecule has 0 saturated carbocycles. The molecule has 0 heterocycles. The molecular weight excluding hydrogens is 419 g/mol. The number of alkyl halides is 1. The largest absolute Gasteiger partial charge is 0.378 e. The summed E-state index contributed by atoms with van der Waals surface area (Å²) >= 11 is 0. The van der Waals surface area contributed by atoms with Gasteiger partial charge in [-0.3, -0.25) is 4.79 Å². The van der Waals surface area contributed by atoms with E-state index < -0.39 is 12.3 Å². The number of carbonyl (C=O) groups excluding carboxylic acids is 1. The summed E-state index contributed by atoms with van der Waals surface area (Å²) in [4.78, 5) is 11.4. The van der Waals surface area contributed by atoms with Crippen molar-refractivity contribution in [2.75, 3.05) is 72.6 Å². The monoisotopic (exact) mass is 466 g/mol. The van der Waals surface area contributed by atoms with E-state index in [-0.39, 0.29) is 25.0 Å². The first kappa shape index (κ1) is 31.2. The Bertz CT molecular complexity index is 431. The standard InChI is InChI=1S/C23H47FN2O6/c1-6-7-20(4)25-8-9-28-10-11-29-12-13-30-14-15-31-16-17-32-21(5)22(24)18-26-23(27)19(2)3/h19-22,25H,6-18H2,1-5H3,(H,26,27). The first-order valence-corrected chi connectivity index (χ1v) is 12.0. The van der Waals surface area contributed by atoms with Crippen molar-refractivity contribution in [2.45, 2.75) is 65.8 Å². The number of hydrogen-bond donors (Lipinski definition) is 2. The zero-order valence-electron chi connectivity index (χ0n) is 20.8. The Balaban J connectivity index is 3.31. The van der Waals surface area contributed by atoms with Gasteiger partial charge in [-0.1, -0.05) is 27.2 Å². The fourth-order valence-corrected chi connectivity index (χ4v) is 2.64. The van der Waals surface area contributed by atoms with E-state index in [9.17, 15) is 9.18 Å². The van der Waals surface area contributed by atoms with Crippen LogP contribution < -0.4 is 10.6 Å². The highest BCUT2D eigenvalue weighted by atomic mass is 19.1. The van der Waals surface area contributed by atoms with Crippen LogP contribution in [0.2, 0.25) is 0 Å². The minimum atomic E-state index is -1.25. The molecule has 0 aliphatic heterocycles. The lowest BCUT2D eigenvalue weighted by Crippen LogP contribution is -2.38. The number of hydrogen-bond acceptors (Lipinski definition) is 7. The van der Waals surface area contributed by atoms with Crippen molar-refractivity contribution in [3.05, 3.63) is 0 Å². The van der Waals surface area contributed by atoms with Crippen LogP contribution in [0.25, 0.3) is 0 Å². The summed E-state index contributed by atoms with van der Waals surface area (Å²) in [5.74, 6) is -0.325. The molecule has 0 saturated heterocycles. The van der Waals surface area contributed by atoms with Crippen molar-refractivity contribution in [2.24, 2.45) is 5.92 Å². The average molecular weight is 467 g/mol. The van der Waals surface area contributed by atoms with Gasteiger partial charge in [0.2, 0.25) is 5.91 Å². The van der Waals surface area contributed by atoms with Gasteiger partial charge >= 0.3 is 0 Å². The molecule has 0 aliphatic carbocycles. The highest BCUT2D eigenvalue weighted by molar-refractivity contribution is 5.77. The lowest BCUT2D eigenvalue weighted by molar-refractivity contribution is -0.124. The molecule has 0 aliphatic rings. The predicted molar refractivity (Wildman–Crippen MR) is 124 cm³/mol. The van der Waals surface area contributed by atoms with Crippen molar-refractivity contribution in [1.29, 1.82) is 0 Å². The molecule has 0 rings (SSSR count). The van der Waals surface area contributed by atoms with Crippen LogP contribution >= 0.6 is 0 Å². The molecule has 0 aromatic heterocycles. The first-order chi connectivity index (χ1) is 15.4. The van der Waals surface area contributed by atoms with E-state index in [1.807, 2.05) is 0 Å². The van der Waals surface area contributed by atoms with Crippen LogP contribution in [0.1, 0.15) is 47.5 Å². The summed E-state index contributed by atoms with van der Waals surface area (Å²) < 4.78 is 41.1. The molecule has 0 spiro atoms. The Morgan fingerprint density at radius 3 is 1.81 bits per heavy atom. The summed E-state index contributed by atoms with van der Waals surface area (Å²) in [6, 6.07) is 0.537. The lowest BCUT2D eigenvalue weighted by Gasteiger charge is -2.18. The molecule has 0 aromatic carbocycles. The quantitative estimate of drug-likeness (QED) is 0.224. The van der Waals surface area contributed by atoms with Gasteiger partial charge in [0.15, 0.2) is 0 Å². The second-order valence-electron chi connectivity index (χ2n) is 8.09. The molecule has 2 N–H and O–H groups in total. The van der Waals surface area contributed by atoms with E-state index in [4.69, 9.17) is 23.7 Å². The first-order valence-electron chi connectivity index (χ1n) is 12.0. The molecule has 3 unspecified atom stereocenters. The van der Waals surface area contributed by atoms with Crippen LogP contribution in [0.5, 0.6) is 0 Å². The molecule has 32 heavy (non-hydrogen) atoms. The third kappa shape index (κ3) is 19.8. The minimum Gasteiger partial charge on any atom is -0.378 e. The van der Waals surface area contributed by atoms with Crippen molar-refractivity contribution < 1.29 is 32.9 Å². The minimum absolute atomic E-state index is 0.0450. The Morgan fingerprint density at radius 2 is 1.31 bits per heavy atom. The Hall–Kier alpha value is -0.840. The maximum Gasteiger partial charge on any atom is 0.222 e. The third-order valence-electron chi connectivity index (χ3n) is 4.69. The molecule has 192 valence electrons. The Labute approximate surface area is 194 Å². The van der Waals surface area contributed by atoms with Crippen LogP contribution in [-0.4, -0.2) is 96.8 Å². The van der Waals surface area contributed by atoms with E-state index in [2.05, 4.69) is 24.5 Å². The van der Waals surface area contributed by atoms with Gasteiger partial charge in [0.25, 0.3) is 0 Å². The van der Waals surface area contributed by atoms with Crippen LogP contribution in [0.15, 0.2) is 0 Å². The summed E-state index contributed by atoms with van der Waals surface area (Å²) in [5.41, 5.74) is 0. The highest BCUT2D eigenvalue weighted by Gasteiger charge is 2.18. The van der Waals surface area contributed by atoms with Crippen molar-refractivity contribution in [1.82, 2.24) is 10.6 Å². The fourth-order valence-electron chi connectivity index (χ4n) is 2.64. The van der Waals surface area contributed by atoms with Gasteiger partial charge in [0, 0.05) is 18.5 Å². The normalized spacial score (nSPS) is 14.5. The fraction of sp³-hybridized carbons (Fsp3) is 0.957. The zero-order valence-corrected chi connectivity index (χ0v) is 20.8. The summed E-state index contributed by atoms with van der Waals surface area (Å²) in [5, 5.41) is 5.98. The van der Waals surface area contributed by atoms with E-state index in [0.717, 1.165) is 6.54 Å². The van der Waals surface area contributed by atoms with Crippen molar-refractivity contribution >= 4 is 5.91 Å². The number of carbonyl (C=O) groups is 1. The smallest absolute Gasteiger partial charge is 0.222 e. The molecule has 1 amide bonds. The number of rotatable bonds is 23. The van der Waals surface area contributed by atoms with Crippen LogP contribution in [0, 0.1) is 5.92 Å². The SMILES string of the molecule is CCCC(C)NCCOCCOCCOCCOCCOC(C)C(F)CNC(=O)C(C)C. The molecule has 8 nitrogen and oxygen atoms in total. The topological polar surface area (TPSA) is 87.3 Å². The predicted octanol–water partition coefficient (Wildman–Crippen LogP) is 2.35. The van der Waals surface area contributed by atoms with Gasteiger partial charge in [-0.25, -0.2) is 4.39 Å². The van der Waals surface area contributed by atoms with Crippen molar-refractivity contribution in [3.63, 3.8) is 0 Å². The van der Waals surface area contributed by atoms with Gasteiger partial charge < -0.3 is 34.3 Å². The van der Waals surface area contributed by atoms with Gasteiger partial charge in [-0.15, -0.1) is 0 Å². The molecule has 3 atom stereocenters. The molecule has 0 aromatic rings. The highest BCUT2D eigenvalue weighted by Crippen LogP contribution is 2.03. The zero-order chi connectivity index (χ0) is 24.0. The number of ether oxygens (including phenoxy) is 5. The van der Waals surface area contributed by atoms with Crippen LogP contribution in [-0.2, 0) is 28.5 Å². The van der Waals surface area contributed by atoms with E-state index in [1.165, 1.54) is 12.8 Å². The van der Waals surface area contributed by atoms with E-state index in [1.54, 1.807) is 20.8 Å². The van der Waals surface area contributed by atoms with Crippen molar-refractivity contribution in [3.8, 4) is 0 Å². The second kappa shape index (κ2) is 22.0. The molecule has 9 heteroatoms. The molecular formula is C23H47FN2O6. The van der Waals surface area contributed by atoms with Crippen LogP contribution in [0.3, 0.4) is 0 Å². The number of halogens is 1. The maximum atomic E-state index is 13.9. The summed E-state index contributed by atoms with van der Waals surface area (Å²) in [6.45, 7) is 14.7. The molecule has 0 bridgehead atoms. The molecule has 0 fully saturated rings. The van der Waals surface area contributed by atoms with E-state index in [0.29, 0.717) is 58.9 Å². The second-order valence-corrected chi connectivity index (χ2v) is 8.09. The Kier molecular flexibility index (Phi) is 21.4. The lowest BCUT2D eigenvalue weighted by atomic mass is 10.2. The van der Waals surface area contributed by atoms with Gasteiger partial charge in [0.1, 0.15) is 6.17 Å². The van der Waals surface area contributed by atoms with Gasteiger partial charge in [-0.05, 0) is 20.3 Å². The number of amides is 1. The Morgan fingerprint density at radius 1 is 0.812 bits per heavy atom. The third-order valence-corrected chi connectivity index (χ3v) is 4.69. The van der Waals surface area contributed by atoms with E-state index >= 15 is 0 Å². The van der Waals surface area contributed by atoms with Gasteiger partial charge in [-0.2, -0.15) is 0 Å². The van der Waals surface area contributed by atoms with Gasteiger partial charge in [0.05, 0.1) is 72.1 Å². The molecule has 0 radical (unpaired) electrons. The summed E-state index contributed by atoms with van der Waals surface area (Å²) in [6.07, 6.45) is 0.510. The van der Waals surface area contributed by atoms with Crippen LogP contribution in [0.4, 0.5) is 4.39 Å².